The molecule has 1 fully saturated rings. The van der Waals surface area contributed by atoms with Crippen molar-refractivity contribution >= 4 is 33.9 Å². The van der Waals surface area contributed by atoms with E-state index in [0.717, 1.165) is 46.0 Å². The van der Waals surface area contributed by atoms with Crippen molar-refractivity contribution in [3.8, 4) is 0 Å². The number of hydrogen-bond acceptors (Lipinski definition) is 6. The Morgan fingerprint density at radius 1 is 1.17 bits per heavy atom. The third-order valence-corrected chi connectivity index (χ3v) is 6.85. The van der Waals surface area contributed by atoms with Crippen molar-refractivity contribution in [2.75, 3.05) is 11.9 Å². The first-order chi connectivity index (χ1) is 14.5. The second-order valence-electron chi connectivity index (χ2n) is 8.06. The number of nitrogens with one attached hydrogen (secondary N) is 1. The Morgan fingerprint density at radius 3 is 2.73 bits per heavy atom. The van der Waals surface area contributed by atoms with Crippen LogP contribution in [0.4, 0.5) is 10.9 Å². The molecule has 0 amide bonds. The largest absolute Gasteiger partial charge is 0.316 e. The number of rotatable bonds is 6. The van der Waals surface area contributed by atoms with Gasteiger partial charge in [0.2, 0.25) is 0 Å². The molecule has 1 N–H and O–H groups in total. The molecule has 4 rings (SSSR count). The summed E-state index contributed by atoms with van der Waals surface area (Å²) in [6, 6.07) is 8.58. The second kappa shape index (κ2) is 9.41. The normalized spacial score (nSPS) is 17.3. The van der Waals surface area contributed by atoms with Crippen molar-refractivity contribution in [3.05, 3.63) is 63.0 Å². The van der Waals surface area contributed by atoms with Crippen molar-refractivity contribution < 1.29 is 0 Å². The van der Waals surface area contributed by atoms with Crippen LogP contribution in [0.2, 0.25) is 5.02 Å². The summed E-state index contributed by atoms with van der Waals surface area (Å²) in [5, 5.41) is 5.09. The molecule has 1 aromatic carbocycles. The first-order valence-electron chi connectivity index (χ1n) is 10.5. The van der Waals surface area contributed by atoms with E-state index in [1.807, 2.05) is 44.3 Å². The van der Waals surface area contributed by atoms with Crippen LogP contribution in [0, 0.1) is 13.8 Å². The maximum absolute atomic E-state index is 6.04. The van der Waals surface area contributed by atoms with Gasteiger partial charge >= 0.3 is 0 Å². The first-order valence-corrected chi connectivity index (χ1v) is 11.7. The van der Waals surface area contributed by atoms with Crippen LogP contribution in [0.25, 0.3) is 0 Å². The van der Waals surface area contributed by atoms with Crippen molar-refractivity contribution in [2.24, 2.45) is 0 Å². The molecular weight excluding hydrogens is 414 g/mol. The molecule has 0 spiro atoms. The van der Waals surface area contributed by atoms with Crippen LogP contribution in [0.5, 0.6) is 0 Å². The first kappa shape index (κ1) is 21.2. The molecule has 3 aromatic rings. The third-order valence-electron chi connectivity index (χ3n) is 5.70. The number of halogens is 1. The number of thiazole rings is 1. The molecular formula is C23H28ClN5S. The fraction of sp³-hybridized carbons (Fsp3) is 0.435. The molecule has 0 radical (unpaired) electrons. The topological polar surface area (TPSA) is 53.9 Å². The number of likely N-dealkylation sites (tertiary alicyclic amines) is 1. The van der Waals surface area contributed by atoms with E-state index in [0.29, 0.717) is 6.04 Å². The van der Waals surface area contributed by atoms with E-state index in [-0.39, 0.29) is 0 Å². The Kier molecular flexibility index (Phi) is 6.66. The minimum absolute atomic E-state index is 0.649. The monoisotopic (exact) mass is 441 g/mol. The summed E-state index contributed by atoms with van der Waals surface area (Å²) in [7, 11) is 0. The van der Waals surface area contributed by atoms with Gasteiger partial charge in [-0.25, -0.2) is 15.0 Å². The van der Waals surface area contributed by atoms with Gasteiger partial charge in [-0.15, -0.1) is 11.3 Å². The zero-order chi connectivity index (χ0) is 21.1. The Morgan fingerprint density at radius 2 is 1.97 bits per heavy atom. The predicted molar refractivity (Wildman–Crippen MR) is 125 cm³/mol. The number of benzene rings is 1. The van der Waals surface area contributed by atoms with Crippen molar-refractivity contribution in [2.45, 2.75) is 59.0 Å². The fourth-order valence-electron chi connectivity index (χ4n) is 3.99. The van der Waals surface area contributed by atoms with Crippen molar-refractivity contribution in [1.29, 1.82) is 0 Å². The van der Waals surface area contributed by atoms with Crippen LogP contribution in [-0.2, 0) is 13.0 Å². The summed E-state index contributed by atoms with van der Waals surface area (Å²) in [6.07, 6.45) is 6.67. The molecule has 2 aromatic heterocycles. The number of piperidine rings is 1. The van der Waals surface area contributed by atoms with E-state index in [1.165, 1.54) is 36.2 Å². The van der Waals surface area contributed by atoms with Crippen LogP contribution in [0.15, 0.2) is 30.5 Å². The molecule has 1 atom stereocenters. The molecule has 7 heteroatoms. The van der Waals surface area contributed by atoms with Crippen LogP contribution >= 0.6 is 22.9 Å². The molecule has 0 aliphatic carbocycles. The molecule has 1 aliphatic rings. The lowest BCUT2D eigenvalue weighted by atomic mass is 10.0. The van der Waals surface area contributed by atoms with E-state index in [2.05, 4.69) is 32.1 Å². The van der Waals surface area contributed by atoms with Gasteiger partial charge in [0.15, 0.2) is 5.13 Å². The highest BCUT2D eigenvalue weighted by atomic mass is 35.5. The van der Waals surface area contributed by atoms with Gasteiger partial charge in [-0.1, -0.05) is 30.2 Å². The lowest BCUT2D eigenvalue weighted by molar-refractivity contribution is 0.154. The average Bonchev–Trinajstić information content (AvgIpc) is 3.15. The van der Waals surface area contributed by atoms with Crippen LogP contribution in [0.1, 0.15) is 53.7 Å². The summed E-state index contributed by atoms with van der Waals surface area (Å²) >= 11 is 7.75. The highest BCUT2D eigenvalue weighted by molar-refractivity contribution is 7.15. The zero-order valence-electron chi connectivity index (χ0n) is 17.8. The number of aryl methyl sites for hydroxylation is 2. The minimum atomic E-state index is 0.649. The summed E-state index contributed by atoms with van der Waals surface area (Å²) in [6.45, 7) is 8.44. The Labute approximate surface area is 187 Å². The van der Waals surface area contributed by atoms with Crippen molar-refractivity contribution in [3.63, 3.8) is 0 Å². The highest BCUT2D eigenvalue weighted by Crippen LogP contribution is 2.29. The van der Waals surface area contributed by atoms with E-state index in [4.69, 9.17) is 11.6 Å². The molecule has 3 heterocycles. The smallest absolute Gasteiger partial charge is 0.188 e. The van der Waals surface area contributed by atoms with E-state index in [1.54, 1.807) is 11.3 Å². The van der Waals surface area contributed by atoms with Gasteiger partial charge in [0.05, 0.1) is 0 Å². The molecule has 5 nitrogen and oxygen atoms in total. The zero-order valence-corrected chi connectivity index (χ0v) is 19.4. The fourth-order valence-corrected chi connectivity index (χ4v) is 4.95. The van der Waals surface area contributed by atoms with Gasteiger partial charge in [-0.3, -0.25) is 4.90 Å². The van der Waals surface area contributed by atoms with E-state index >= 15 is 0 Å². The van der Waals surface area contributed by atoms with Gasteiger partial charge in [-0.2, -0.15) is 0 Å². The highest BCUT2D eigenvalue weighted by Gasteiger charge is 2.19. The van der Waals surface area contributed by atoms with Gasteiger partial charge in [0.25, 0.3) is 0 Å². The molecule has 0 bridgehead atoms. The number of aromatic nitrogens is 3. The molecule has 0 saturated carbocycles. The van der Waals surface area contributed by atoms with Crippen molar-refractivity contribution in [1.82, 2.24) is 19.9 Å². The Hall–Kier alpha value is -2.02. The summed E-state index contributed by atoms with van der Waals surface area (Å²) in [5.41, 5.74) is 3.25. The molecule has 30 heavy (non-hydrogen) atoms. The van der Waals surface area contributed by atoms with Crippen LogP contribution in [-0.4, -0.2) is 32.4 Å². The maximum atomic E-state index is 6.04. The van der Waals surface area contributed by atoms with E-state index in [9.17, 15) is 0 Å². The van der Waals surface area contributed by atoms with Gasteiger partial charge < -0.3 is 5.32 Å². The van der Waals surface area contributed by atoms with Gasteiger partial charge in [-0.05, 0) is 57.9 Å². The Bertz CT molecular complexity index is 1000. The minimum Gasteiger partial charge on any atom is -0.316 e. The van der Waals surface area contributed by atoms with Crippen LogP contribution < -0.4 is 5.32 Å². The number of nitrogens with zero attached hydrogens (tertiary/aromatic N) is 4. The lowest BCUT2D eigenvalue weighted by Gasteiger charge is -2.32. The standard InChI is InChI=1S/C23H28ClN5S/c1-15-6-4-5-11-29(15)14-20-13-25-23(30-20)28-22-21(16(2)26-17(3)27-22)12-18-7-9-19(24)10-8-18/h7-10,13,15H,4-6,11-12,14H2,1-3H3,(H,25,26,27,28). The quantitative estimate of drug-likeness (QED) is 0.515. The molecule has 1 saturated heterocycles. The van der Waals surface area contributed by atoms with Gasteiger partial charge in [0.1, 0.15) is 11.6 Å². The number of hydrogen-bond donors (Lipinski definition) is 1. The lowest BCUT2D eigenvalue weighted by Crippen LogP contribution is -2.36. The number of anilines is 2. The summed E-state index contributed by atoms with van der Waals surface area (Å²) < 4.78 is 0. The second-order valence-corrected chi connectivity index (χ2v) is 9.61. The molecule has 1 aliphatic heterocycles. The SMILES string of the molecule is Cc1nc(C)c(Cc2ccc(Cl)cc2)c(Nc2ncc(CN3CCCCC3C)s2)n1. The summed E-state index contributed by atoms with van der Waals surface area (Å²) in [5.74, 6) is 1.59. The average molecular weight is 442 g/mol. The van der Waals surface area contributed by atoms with Crippen LogP contribution in [0.3, 0.4) is 0 Å². The molecule has 1 unspecified atom stereocenters. The predicted octanol–water partition coefficient (Wildman–Crippen LogP) is 5.91. The molecule has 158 valence electrons. The van der Waals surface area contributed by atoms with E-state index < -0.39 is 0 Å². The maximum Gasteiger partial charge on any atom is 0.188 e. The van der Waals surface area contributed by atoms with Gasteiger partial charge in [0, 0.05) is 46.4 Å². The third kappa shape index (κ3) is 5.17. The Balaban J connectivity index is 1.52. The summed E-state index contributed by atoms with van der Waals surface area (Å²) in [4.78, 5) is 17.7.